The largest absolute Gasteiger partial charge is 0.480 e. The number of hydrogen-bond acceptors (Lipinski definition) is 4. The van der Waals surface area contributed by atoms with Gasteiger partial charge >= 0.3 is 5.97 Å². The fraction of sp³-hybridized carbons (Fsp3) is 0.833. The van der Waals surface area contributed by atoms with Crippen molar-refractivity contribution in [1.82, 2.24) is 4.90 Å². The highest BCUT2D eigenvalue weighted by molar-refractivity contribution is 7.91. The number of carbonyl (C=O) groups is 2. The van der Waals surface area contributed by atoms with Gasteiger partial charge in [-0.1, -0.05) is 12.8 Å². The molecule has 2 unspecified atom stereocenters. The van der Waals surface area contributed by atoms with E-state index < -0.39 is 27.8 Å². The number of sulfone groups is 1. The number of rotatable bonds is 2. The topological polar surface area (TPSA) is 91.8 Å². The average Bonchev–Trinajstić information content (AvgIpc) is 2.57. The number of aliphatic carboxylic acids is 1. The van der Waals surface area contributed by atoms with Crippen molar-refractivity contribution in [3.63, 3.8) is 0 Å². The molecule has 6 nitrogen and oxygen atoms in total. The van der Waals surface area contributed by atoms with Gasteiger partial charge in [-0.2, -0.15) is 0 Å². The smallest absolute Gasteiger partial charge is 0.326 e. The number of carboxylic acid groups (broad SMARTS) is 1. The van der Waals surface area contributed by atoms with Crippen LogP contribution in [-0.2, 0) is 19.4 Å². The zero-order valence-corrected chi connectivity index (χ0v) is 11.6. The molecule has 0 radical (unpaired) electrons. The van der Waals surface area contributed by atoms with Crippen LogP contribution in [0.2, 0.25) is 0 Å². The van der Waals surface area contributed by atoms with E-state index in [4.69, 9.17) is 0 Å². The fourth-order valence-corrected chi connectivity index (χ4v) is 4.59. The lowest BCUT2D eigenvalue weighted by Gasteiger charge is -2.29. The first-order chi connectivity index (χ1) is 8.91. The first-order valence-corrected chi connectivity index (χ1v) is 8.46. The van der Waals surface area contributed by atoms with Crippen LogP contribution in [0.25, 0.3) is 0 Å². The van der Waals surface area contributed by atoms with Gasteiger partial charge in [0.05, 0.1) is 17.4 Å². The van der Waals surface area contributed by atoms with Gasteiger partial charge < -0.3 is 10.0 Å². The van der Waals surface area contributed by atoms with Crippen molar-refractivity contribution in [2.75, 3.05) is 18.1 Å². The summed E-state index contributed by atoms with van der Waals surface area (Å²) in [7, 11) is -3.12. The SMILES string of the molecule is O=C(O)C1CCCCCN1C(=O)C1CCS(=O)(=O)C1. The fourth-order valence-electron chi connectivity index (χ4n) is 2.85. The lowest BCUT2D eigenvalue weighted by atomic mass is 10.0. The quantitative estimate of drug-likeness (QED) is 0.788. The second-order valence-corrected chi connectivity index (χ2v) is 7.56. The van der Waals surface area contributed by atoms with Crippen molar-refractivity contribution in [3.8, 4) is 0 Å². The summed E-state index contributed by atoms with van der Waals surface area (Å²) in [5.41, 5.74) is 0. The standard InChI is InChI=1S/C12H19NO5S/c14-11(9-5-7-19(17,18)8-9)13-6-3-1-2-4-10(13)12(15)16/h9-10H,1-8H2,(H,15,16). The molecule has 2 aliphatic rings. The third-order valence-corrected chi connectivity index (χ3v) is 5.67. The van der Waals surface area contributed by atoms with Gasteiger partial charge in [0.2, 0.25) is 5.91 Å². The Bertz CT molecular complexity index is 473. The summed E-state index contributed by atoms with van der Waals surface area (Å²) in [6.45, 7) is 0.423. The molecule has 0 aromatic carbocycles. The first-order valence-electron chi connectivity index (χ1n) is 6.64. The molecule has 1 amide bonds. The molecule has 0 saturated carbocycles. The Balaban J connectivity index is 2.13. The number of carbonyl (C=O) groups excluding carboxylic acids is 1. The van der Waals surface area contributed by atoms with Gasteiger partial charge in [0.15, 0.2) is 9.84 Å². The van der Waals surface area contributed by atoms with Crippen LogP contribution in [0.4, 0.5) is 0 Å². The predicted molar refractivity (Wildman–Crippen MR) is 68.4 cm³/mol. The van der Waals surface area contributed by atoms with E-state index in [1.807, 2.05) is 0 Å². The summed E-state index contributed by atoms with van der Waals surface area (Å²) < 4.78 is 22.8. The van der Waals surface area contributed by atoms with Gasteiger partial charge in [0.1, 0.15) is 6.04 Å². The maximum atomic E-state index is 12.4. The molecule has 2 fully saturated rings. The third-order valence-electron chi connectivity index (χ3n) is 3.90. The van der Waals surface area contributed by atoms with Crippen LogP contribution in [-0.4, -0.2) is 54.4 Å². The number of amides is 1. The molecule has 0 bridgehead atoms. The average molecular weight is 289 g/mol. The molecule has 2 atom stereocenters. The van der Waals surface area contributed by atoms with Crippen molar-refractivity contribution in [2.24, 2.45) is 5.92 Å². The van der Waals surface area contributed by atoms with Crippen molar-refractivity contribution in [3.05, 3.63) is 0 Å². The summed E-state index contributed by atoms with van der Waals surface area (Å²) in [6.07, 6.45) is 3.28. The highest BCUT2D eigenvalue weighted by Crippen LogP contribution is 2.25. The molecule has 0 spiro atoms. The summed E-state index contributed by atoms with van der Waals surface area (Å²) in [6, 6.07) is -0.793. The molecule has 2 rings (SSSR count). The van der Waals surface area contributed by atoms with Crippen molar-refractivity contribution in [1.29, 1.82) is 0 Å². The lowest BCUT2D eigenvalue weighted by Crippen LogP contribution is -2.47. The van der Waals surface area contributed by atoms with Crippen LogP contribution in [0.5, 0.6) is 0 Å². The van der Waals surface area contributed by atoms with Gasteiger partial charge in [0, 0.05) is 6.54 Å². The van der Waals surface area contributed by atoms with Gasteiger partial charge in [-0.3, -0.25) is 4.79 Å². The second kappa shape index (κ2) is 5.48. The summed E-state index contributed by atoms with van der Waals surface area (Å²) >= 11 is 0. The molecule has 2 saturated heterocycles. The Labute approximate surface area is 112 Å². The zero-order valence-electron chi connectivity index (χ0n) is 10.7. The number of hydrogen-bond donors (Lipinski definition) is 1. The molecule has 0 aromatic heterocycles. The highest BCUT2D eigenvalue weighted by atomic mass is 32.2. The van der Waals surface area contributed by atoms with E-state index in [1.165, 1.54) is 4.90 Å². The Morgan fingerprint density at radius 3 is 2.42 bits per heavy atom. The summed E-state index contributed by atoms with van der Waals surface area (Å²) in [4.78, 5) is 25.0. The molecule has 0 aliphatic carbocycles. The van der Waals surface area contributed by atoms with E-state index in [9.17, 15) is 23.1 Å². The molecule has 2 heterocycles. The van der Waals surface area contributed by atoms with Crippen LogP contribution < -0.4 is 0 Å². The van der Waals surface area contributed by atoms with Gasteiger partial charge in [-0.05, 0) is 19.3 Å². The maximum absolute atomic E-state index is 12.4. The Morgan fingerprint density at radius 2 is 1.84 bits per heavy atom. The van der Waals surface area contributed by atoms with E-state index in [1.54, 1.807) is 0 Å². The molecule has 1 N–H and O–H groups in total. The molecule has 19 heavy (non-hydrogen) atoms. The molecule has 0 aromatic rings. The molecular weight excluding hydrogens is 270 g/mol. The Hall–Kier alpha value is -1.11. The Kier molecular flexibility index (Phi) is 4.13. The lowest BCUT2D eigenvalue weighted by molar-refractivity contribution is -0.151. The maximum Gasteiger partial charge on any atom is 0.326 e. The second-order valence-electron chi connectivity index (χ2n) is 5.33. The molecule has 7 heteroatoms. The van der Waals surface area contributed by atoms with Crippen LogP contribution in [0.3, 0.4) is 0 Å². The minimum atomic E-state index is -3.12. The van der Waals surface area contributed by atoms with Gasteiger partial charge in [-0.25, -0.2) is 13.2 Å². The van der Waals surface area contributed by atoms with Crippen LogP contribution in [0.15, 0.2) is 0 Å². The normalized spacial score (nSPS) is 30.8. The van der Waals surface area contributed by atoms with Crippen molar-refractivity contribution >= 4 is 21.7 Å². The minimum Gasteiger partial charge on any atom is -0.480 e. The summed E-state index contributed by atoms with van der Waals surface area (Å²) in [5, 5.41) is 9.22. The molecule has 2 aliphatic heterocycles. The summed E-state index contributed by atoms with van der Waals surface area (Å²) in [5.74, 6) is -1.93. The monoisotopic (exact) mass is 289 g/mol. The van der Waals surface area contributed by atoms with E-state index in [0.29, 0.717) is 19.4 Å². The van der Waals surface area contributed by atoms with E-state index in [-0.39, 0.29) is 17.4 Å². The van der Waals surface area contributed by atoms with E-state index in [2.05, 4.69) is 0 Å². The van der Waals surface area contributed by atoms with Crippen molar-refractivity contribution in [2.45, 2.75) is 38.1 Å². The number of likely N-dealkylation sites (tertiary alicyclic amines) is 1. The van der Waals surface area contributed by atoms with Crippen LogP contribution in [0.1, 0.15) is 32.1 Å². The molecular formula is C12H19NO5S. The first kappa shape index (κ1) is 14.3. The van der Waals surface area contributed by atoms with E-state index in [0.717, 1.165) is 19.3 Å². The third kappa shape index (κ3) is 3.26. The van der Waals surface area contributed by atoms with Gasteiger partial charge in [-0.15, -0.1) is 0 Å². The zero-order chi connectivity index (χ0) is 14.0. The van der Waals surface area contributed by atoms with Crippen LogP contribution in [0, 0.1) is 5.92 Å². The van der Waals surface area contributed by atoms with Crippen LogP contribution >= 0.6 is 0 Å². The minimum absolute atomic E-state index is 0.0367. The van der Waals surface area contributed by atoms with Gasteiger partial charge in [0.25, 0.3) is 0 Å². The number of nitrogens with zero attached hydrogens (tertiary/aromatic N) is 1. The number of carboxylic acids is 1. The highest BCUT2D eigenvalue weighted by Gasteiger charge is 2.39. The Morgan fingerprint density at radius 1 is 1.11 bits per heavy atom. The molecule has 108 valence electrons. The van der Waals surface area contributed by atoms with E-state index >= 15 is 0 Å². The van der Waals surface area contributed by atoms with Crippen molar-refractivity contribution < 1.29 is 23.1 Å². The predicted octanol–water partition coefficient (Wildman–Crippen LogP) is 0.277.